The lowest BCUT2D eigenvalue weighted by Gasteiger charge is -2.12. The van der Waals surface area contributed by atoms with Crippen LogP contribution in [0, 0.1) is 6.92 Å². The maximum absolute atomic E-state index is 6.02. The van der Waals surface area contributed by atoms with Gasteiger partial charge in [0.15, 0.2) is 0 Å². The molecule has 0 fully saturated rings. The largest absolute Gasteiger partial charge is 0.495 e. The van der Waals surface area contributed by atoms with Crippen LogP contribution in [0.15, 0.2) is 24.3 Å². The van der Waals surface area contributed by atoms with Crippen molar-refractivity contribution in [2.75, 3.05) is 24.3 Å². The third-order valence-corrected chi connectivity index (χ3v) is 3.05. The van der Waals surface area contributed by atoms with E-state index in [9.17, 15) is 0 Å². The van der Waals surface area contributed by atoms with E-state index in [1.807, 2.05) is 13.0 Å². The number of anilines is 3. The number of aryl methyl sites for hydroxylation is 1. The quantitative estimate of drug-likeness (QED) is 0.844. The molecule has 1 aromatic carbocycles. The van der Waals surface area contributed by atoms with Gasteiger partial charge in [-0.1, -0.05) is 18.5 Å². The minimum Gasteiger partial charge on any atom is -0.495 e. The highest BCUT2D eigenvalue weighted by Gasteiger charge is 2.07. The molecule has 0 aliphatic rings. The Morgan fingerprint density at radius 2 is 2.05 bits per heavy atom. The second-order valence-corrected chi connectivity index (χ2v) is 5.05. The van der Waals surface area contributed by atoms with Crippen molar-refractivity contribution in [3.8, 4) is 5.75 Å². The van der Waals surface area contributed by atoms with Crippen molar-refractivity contribution in [1.29, 1.82) is 0 Å². The van der Waals surface area contributed by atoms with E-state index in [0.717, 1.165) is 30.2 Å². The van der Waals surface area contributed by atoms with E-state index in [-0.39, 0.29) is 0 Å². The second-order valence-electron chi connectivity index (χ2n) is 4.61. The van der Waals surface area contributed by atoms with Gasteiger partial charge in [0, 0.05) is 23.3 Å². The van der Waals surface area contributed by atoms with Crippen LogP contribution in [0.3, 0.4) is 0 Å². The summed E-state index contributed by atoms with van der Waals surface area (Å²) in [5.74, 6) is 1.99. The number of halogens is 1. The normalized spacial score (nSPS) is 10.3. The first-order chi connectivity index (χ1) is 10.1. The van der Waals surface area contributed by atoms with Gasteiger partial charge in [0.05, 0.1) is 12.8 Å². The monoisotopic (exact) mass is 306 g/mol. The Morgan fingerprint density at radius 3 is 2.76 bits per heavy atom. The van der Waals surface area contributed by atoms with E-state index in [4.69, 9.17) is 16.3 Å². The molecule has 0 aliphatic heterocycles. The van der Waals surface area contributed by atoms with E-state index in [1.54, 1.807) is 25.3 Å². The first-order valence-corrected chi connectivity index (χ1v) is 7.20. The van der Waals surface area contributed by atoms with E-state index in [1.165, 1.54) is 0 Å². The van der Waals surface area contributed by atoms with Gasteiger partial charge in [-0.15, -0.1) is 0 Å². The Morgan fingerprint density at radius 1 is 1.24 bits per heavy atom. The third kappa shape index (κ3) is 4.23. The van der Waals surface area contributed by atoms with E-state index < -0.39 is 0 Å². The number of ether oxygens (including phenoxy) is 1. The average Bonchev–Trinajstić information content (AvgIpc) is 2.45. The van der Waals surface area contributed by atoms with E-state index in [0.29, 0.717) is 16.7 Å². The molecule has 1 heterocycles. The van der Waals surface area contributed by atoms with Gasteiger partial charge < -0.3 is 15.4 Å². The van der Waals surface area contributed by atoms with E-state index in [2.05, 4.69) is 27.5 Å². The summed E-state index contributed by atoms with van der Waals surface area (Å²) in [4.78, 5) is 8.82. The van der Waals surface area contributed by atoms with Gasteiger partial charge in [-0.2, -0.15) is 4.98 Å². The van der Waals surface area contributed by atoms with Crippen LogP contribution >= 0.6 is 11.6 Å². The maximum Gasteiger partial charge on any atom is 0.229 e. The second kappa shape index (κ2) is 7.13. The molecule has 112 valence electrons. The summed E-state index contributed by atoms with van der Waals surface area (Å²) < 4.78 is 5.31. The van der Waals surface area contributed by atoms with Crippen LogP contribution in [0.1, 0.15) is 19.0 Å². The summed E-state index contributed by atoms with van der Waals surface area (Å²) in [6.07, 6.45) is 1.04. The van der Waals surface area contributed by atoms with Crippen LogP contribution < -0.4 is 15.4 Å². The molecule has 1 aromatic heterocycles. The molecule has 0 bridgehead atoms. The van der Waals surface area contributed by atoms with Gasteiger partial charge in [-0.05, 0) is 31.5 Å². The lowest BCUT2D eigenvalue weighted by atomic mass is 10.3. The smallest absolute Gasteiger partial charge is 0.229 e. The molecule has 0 aliphatic carbocycles. The molecule has 0 radical (unpaired) electrons. The molecule has 0 saturated carbocycles. The van der Waals surface area contributed by atoms with Crippen LogP contribution in [-0.2, 0) is 0 Å². The summed E-state index contributed by atoms with van der Waals surface area (Å²) in [6.45, 7) is 4.91. The minimum atomic E-state index is 0.508. The maximum atomic E-state index is 6.02. The molecular weight excluding hydrogens is 288 g/mol. The third-order valence-electron chi connectivity index (χ3n) is 2.82. The summed E-state index contributed by atoms with van der Waals surface area (Å²) in [5.41, 5.74) is 1.61. The van der Waals surface area contributed by atoms with Gasteiger partial charge in [-0.3, -0.25) is 0 Å². The first-order valence-electron chi connectivity index (χ1n) is 6.82. The summed E-state index contributed by atoms with van der Waals surface area (Å²) >= 11 is 6.02. The molecule has 0 unspecified atom stereocenters. The van der Waals surface area contributed by atoms with Crippen molar-refractivity contribution < 1.29 is 4.74 Å². The Hall–Kier alpha value is -2.01. The molecule has 0 saturated heterocycles. The van der Waals surface area contributed by atoms with Gasteiger partial charge in [0.1, 0.15) is 11.6 Å². The highest BCUT2D eigenvalue weighted by atomic mass is 35.5. The number of rotatable bonds is 6. The fourth-order valence-corrected chi connectivity index (χ4v) is 2.04. The lowest BCUT2D eigenvalue weighted by Crippen LogP contribution is -2.06. The number of nitrogens with zero attached hydrogens (tertiary/aromatic N) is 2. The molecule has 2 aromatic rings. The number of hydrogen-bond donors (Lipinski definition) is 2. The number of methoxy groups -OCH3 is 1. The minimum absolute atomic E-state index is 0.508. The van der Waals surface area contributed by atoms with Crippen LogP contribution in [0.5, 0.6) is 5.75 Å². The van der Waals surface area contributed by atoms with Crippen molar-refractivity contribution in [3.05, 3.63) is 35.0 Å². The summed E-state index contributed by atoms with van der Waals surface area (Å²) in [5, 5.41) is 7.02. The zero-order valence-electron chi connectivity index (χ0n) is 12.4. The van der Waals surface area contributed by atoms with Gasteiger partial charge in [-0.25, -0.2) is 4.98 Å². The van der Waals surface area contributed by atoms with Crippen molar-refractivity contribution >= 4 is 29.1 Å². The van der Waals surface area contributed by atoms with Crippen LogP contribution in [0.4, 0.5) is 17.5 Å². The fourth-order valence-electron chi connectivity index (χ4n) is 1.87. The van der Waals surface area contributed by atoms with Crippen molar-refractivity contribution in [2.45, 2.75) is 20.3 Å². The molecule has 2 rings (SSSR count). The summed E-state index contributed by atoms with van der Waals surface area (Å²) in [7, 11) is 1.61. The molecule has 0 spiro atoms. The van der Waals surface area contributed by atoms with Gasteiger partial charge in [0.25, 0.3) is 0 Å². The average molecular weight is 307 g/mol. The Bertz CT molecular complexity index is 619. The Balaban J connectivity index is 2.26. The summed E-state index contributed by atoms with van der Waals surface area (Å²) in [6, 6.07) is 7.27. The van der Waals surface area contributed by atoms with Crippen molar-refractivity contribution in [1.82, 2.24) is 9.97 Å². The van der Waals surface area contributed by atoms with Crippen LogP contribution in [-0.4, -0.2) is 23.6 Å². The van der Waals surface area contributed by atoms with Gasteiger partial charge in [0.2, 0.25) is 5.95 Å². The molecule has 5 nitrogen and oxygen atoms in total. The molecule has 0 amide bonds. The standard InChI is InChI=1S/C15H19ClN4O/c1-4-7-17-14-8-10(2)18-15(20-14)19-12-9-11(16)5-6-13(12)21-3/h5-6,8-9H,4,7H2,1-3H3,(H2,17,18,19,20). The predicted molar refractivity (Wildman–Crippen MR) is 86.8 cm³/mol. The zero-order chi connectivity index (χ0) is 15.2. The van der Waals surface area contributed by atoms with Crippen molar-refractivity contribution in [3.63, 3.8) is 0 Å². The molecule has 0 atom stereocenters. The lowest BCUT2D eigenvalue weighted by molar-refractivity contribution is 0.417. The predicted octanol–water partition coefficient (Wildman–Crippen LogP) is 4.01. The Labute approximate surface area is 129 Å². The van der Waals surface area contributed by atoms with E-state index >= 15 is 0 Å². The number of nitrogens with one attached hydrogen (secondary N) is 2. The number of hydrogen-bond acceptors (Lipinski definition) is 5. The van der Waals surface area contributed by atoms with Crippen LogP contribution in [0.2, 0.25) is 5.02 Å². The highest BCUT2D eigenvalue weighted by molar-refractivity contribution is 6.30. The van der Waals surface area contributed by atoms with Crippen molar-refractivity contribution in [2.24, 2.45) is 0 Å². The zero-order valence-corrected chi connectivity index (χ0v) is 13.2. The molecule has 6 heteroatoms. The van der Waals surface area contributed by atoms with Crippen LogP contribution in [0.25, 0.3) is 0 Å². The first kappa shape index (κ1) is 15.4. The molecule has 2 N–H and O–H groups in total. The molecular formula is C15H19ClN4O. The SMILES string of the molecule is CCCNc1cc(C)nc(Nc2cc(Cl)ccc2OC)n1. The number of aromatic nitrogens is 2. The molecule has 21 heavy (non-hydrogen) atoms. The van der Waals surface area contributed by atoms with Gasteiger partial charge >= 0.3 is 0 Å². The fraction of sp³-hybridized carbons (Fsp3) is 0.333. The Kier molecular flexibility index (Phi) is 5.22. The topological polar surface area (TPSA) is 59.1 Å². The number of benzene rings is 1. The highest BCUT2D eigenvalue weighted by Crippen LogP contribution is 2.29.